The monoisotopic (exact) mass is 298 g/mol. The number of rotatable bonds is 3. The van der Waals surface area contributed by atoms with Gasteiger partial charge in [-0.25, -0.2) is 4.98 Å². The van der Waals surface area contributed by atoms with E-state index < -0.39 is 23.6 Å². The van der Waals surface area contributed by atoms with Gasteiger partial charge in [0, 0.05) is 12.7 Å². The number of carbonyl (C=O) groups excluding carboxylic acids is 1. The summed E-state index contributed by atoms with van der Waals surface area (Å²) in [4.78, 5) is 15.0. The summed E-state index contributed by atoms with van der Waals surface area (Å²) in [7, 11) is 0. The van der Waals surface area contributed by atoms with Crippen molar-refractivity contribution < 1.29 is 22.4 Å². The molecule has 1 heterocycles. The van der Waals surface area contributed by atoms with Crippen LogP contribution in [0.15, 0.2) is 42.6 Å². The smallest absolute Gasteiger partial charge is 0.348 e. The Morgan fingerprint density at radius 2 is 1.76 bits per heavy atom. The van der Waals surface area contributed by atoms with Crippen LogP contribution in [-0.4, -0.2) is 10.9 Å². The predicted molar refractivity (Wildman–Crippen MR) is 66.8 cm³/mol. The van der Waals surface area contributed by atoms with Crippen molar-refractivity contribution in [2.45, 2.75) is 12.7 Å². The number of nitrogens with one attached hydrogen (secondary N) is 1. The van der Waals surface area contributed by atoms with Crippen molar-refractivity contribution in [2.75, 3.05) is 0 Å². The van der Waals surface area contributed by atoms with E-state index in [1.165, 1.54) is 18.2 Å². The van der Waals surface area contributed by atoms with Crippen molar-refractivity contribution in [3.8, 4) is 0 Å². The molecule has 0 aliphatic rings. The quantitative estimate of drug-likeness (QED) is 0.698. The summed E-state index contributed by atoms with van der Waals surface area (Å²) >= 11 is 0. The second-order valence-electron chi connectivity index (χ2n) is 4.25. The number of halogens is 4. The van der Waals surface area contributed by atoms with Gasteiger partial charge in [-0.05, 0) is 29.8 Å². The van der Waals surface area contributed by atoms with Gasteiger partial charge in [-0.1, -0.05) is 12.1 Å². The lowest BCUT2D eigenvalue weighted by Gasteiger charge is -2.08. The highest BCUT2D eigenvalue weighted by molar-refractivity contribution is 5.93. The molecule has 0 unspecified atom stereocenters. The average Bonchev–Trinajstić information content (AvgIpc) is 2.45. The number of pyridine rings is 1. The van der Waals surface area contributed by atoms with Crippen molar-refractivity contribution in [1.29, 1.82) is 0 Å². The molecule has 0 spiro atoms. The van der Waals surface area contributed by atoms with E-state index in [0.29, 0.717) is 5.56 Å². The van der Waals surface area contributed by atoms with Gasteiger partial charge in [-0.3, -0.25) is 4.79 Å². The number of nitrogens with zero attached hydrogens (tertiary/aromatic N) is 1. The standard InChI is InChI=1S/C14H10F4N2O/c15-12-6-3-10(8-19-12)13(21)20-7-9-1-4-11(5-2-9)14(16,17)18/h1-6,8H,7H2,(H,20,21). The molecule has 1 aromatic carbocycles. The zero-order valence-electron chi connectivity index (χ0n) is 10.6. The van der Waals surface area contributed by atoms with Gasteiger partial charge in [0.25, 0.3) is 5.91 Å². The van der Waals surface area contributed by atoms with E-state index in [4.69, 9.17) is 0 Å². The third-order valence-electron chi connectivity index (χ3n) is 2.72. The maximum Gasteiger partial charge on any atom is 0.416 e. The van der Waals surface area contributed by atoms with Crippen LogP contribution >= 0.6 is 0 Å². The lowest BCUT2D eigenvalue weighted by atomic mass is 10.1. The van der Waals surface area contributed by atoms with Gasteiger partial charge in [0.1, 0.15) is 0 Å². The van der Waals surface area contributed by atoms with Crippen LogP contribution < -0.4 is 5.32 Å². The third-order valence-corrected chi connectivity index (χ3v) is 2.72. The highest BCUT2D eigenvalue weighted by Crippen LogP contribution is 2.29. The third kappa shape index (κ3) is 4.01. The summed E-state index contributed by atoms with van der Waals surface area (Å²) < 4.78 is 49.7. The van der Waals surface area contributed by atoms with Gasteiger partial charge in [0.2, 0.25) is 5.95 Å². The van der Waals surface area contributed by atoms with Gasteiger partial charge in [-0.15, -0.1) is 0 Å². The molecule has 0 bridgehead atoms. The predicted octanol–water partition coefficient (Wildman–Crippen LogP) is 3.17. The van der Waals surface area contributed by atoms with E-state index in [0.717, 1.165) is 24.4 Å². The summed E-state index contributed by atoms with van der Waals surface area (Å²) in [6.45, 7) is 0.0638. The van der Waals surface area contributed by atoms with Crippen LogP contribution in [0.4, 0.5) is 17.6 Å². The summed E-state index contributed by atoms with van der Waals surface area (Å²) in [5.74, 6) is -1.18. The van der Waals surface area contributed by atoms with E-state index in [-0.39, 0.29) is 12.1 Å². The van der Waals surface area contributed by atoms with Crippen LogP contribution in [0.3, 0.4) is 0 Å². The Labute approximate surface area is 117 Å². The Morgan fingerprint density at radius 3 is 2.29 bits per heavy atom. The SMILES string of the molecule is O=C(NCc1ccc(C(F)(F)F)cc1)c1ccc(F)nc1. The molecule has 1 N–H and O–H groups in total. The summed E-state index contributed by atoms with van der Waals surface area (Å²) in [6.07, 6.45) is -3.31. The first-order valence-corrected chi connectivity index (χ1v) is 5.92. The molecular weight excluding hydrogens is 288 g/mol. The largest absolute Gasteiger partial charge is 0.416 e. The van der Waals surface area contributed by atoms with Gasteiger partial charge in [-0.2, -0.15) is 17.6 Å². The number of amides is 1. The molecule has 0 aliphatic heterocycles. The first kappa shape index (κ1) is 15.0. The Balaban J connectivity index is 1.97. The van der Waals surface area contributed by atoms with Crippen molar-refractivity contribution in [3.63, 3.8) is 0 Å². The van der Waals surface area contributed by atoms with E-state index in [1.54, 1.807) is 0 Å². The average molecular weight is 298 g/mol. The fourth-order valence-electron chi connectivity index (χ4n) is 1.61. The minimum absolute atomic E-state index is 0.0638. The van der Waals surface area contributed by atoms with Crippen LogP contribution in [0, 0.1) is 5.95 Å². The molecule has 21 heavy (non-hydrogen) atoms. The highest BCUT2D eigenvalue weighted by Gasteiger charge is 2.29. The Hall–Kier alpha value is -2.44. The van der Waals surface area contributed by atoms with E-state index in [1.807, 2.05) is 0 Å². The zero-order chi connectivity index (χ0) is 15.5. The normalized spacial score (nSPS) is 11.2. The van der Waals surface area contributed by atoms with Gasteiger partial charge >= 0.3 is 6.18 Å². The minimum Gasteiger partial charge on any atom is -0.348 e. The van der Waals surface area contributed by atoms with Crippen molar-refractivity contribution in [3.05, 3.63) is 65.2 Å². The van der Waals surface area contributed by atoms with Crippen LogP contribution in [-0.2, 0) is 12.7 Å². The van der Waals surface area contributed by atoms with Crippen LogP contribution in [0.1, 0.15) is 21.5 Å². The first-order valence-electron chi connectivity index (χ1n) is 5.92. The number of hydrogen-bond acceptors (Lipinski definition) is 2. The highest BCUT2D eigenvalue weighted by atomic mass is 19.4. The van der Waals surface area contributed by atoms with Gasteiger partial charge in [0.05, 0.1) is 11.1 Å². The van der Waals surface area contributed by atoms with Crippen LogP contribution in [0.5, 0.6) is 0 Å². The molecule has 7 heteroatoms. The van der Waals surface area contributed by atoms with Crippen molar-refractivity contribution >= 4 is 5.91 Å². The second-order valence-corrected chi connectivity index (χ2v) is 4.25. The maximum absolute atomic E-state index is 12.6. The number of hydrogen-bond donors (Lipinski definition) is 1. The Bertz CT molecular complexity index is 621. The van der Waals surface area contributed by atoms with E-state index >= 15 is 0 Å². The topological polar surface area (TPSA) is 42.0 Å². The molecule has 2 rings (SSSR count). The van der Waals surface area contributed by atoms with Crippen molar-refractivity contribution in [1.82, 2.24) is 10.3 Å². The number of carbonyl (C=O) groups is 1. The second kappa shape index (κ2) is 5.90. The maximum atomic E-state index is 12.6. The fraction of sp³-hybridized carbons (Fsp3) is 0.143. The molecule has 1 amide bonds. The molecule has 0 fully saturated rings. The minimum atomic E-state index is -4.39. The molecule has 0 radical (unpaired) electrons. The summed E-state index contributed by atoms with van der Waals surface area (Å²) in [5, 5.41) is 2.51. The van der Waals surface area contributed by atoms with E-state index in [9.17, 15) is 22.4 Å². The molecule has 3 nitrogen and oxygen atoms in total. The molecule has 1 aromatic heterocycles. The molecule has 0 saturated carbocycles. The lowest BCUT2D eigenvalue weighted by molar-refractivity contribution is -0.137. The van der Waals surface area contributed by atoms with Crippen LogP contribution in [0.25, 0.3) is 0 Å². The molecule has 0 atom stereocenters. The van der Waals surface area contributed by atoms with Gasteiger partial charge in [0.15, 0.2) is 0 Å². The molecular formula is C14H10F4N2O. The van der Waals surface area contributed by atoms with Crippen molar-refractivity contribution in [2.24, 2.45) is 0 Å². The number of benzene rings is 1. The number of alkyl halides is 3. The first-order chi connectivity index (χ1) is 9.86. The molecule has 110 valence electrons. The molecule has 0 aliphatic carbocycles. The van der Waals surface area contributed by atoms with Crippen LogP contribution in [0.2, 0.25) is 0 Å². The number of aromatic nitrogens is 1. The Kier molecular flexibility index (Phi) is 4.21. The van der Waals surface area contributed by atoms with E-state index in [2.05, 4.69) is 10.3 Å². The molecule has 2 aromatic rings. The Morgan fingerprint density at radius 1 is 1.10 bits per heavy atom. The lowest BCUT2D eigenvalue weighted by Crippen LogP contribution is -2.23. The zero-order valence-corrected chi connectivity index (χ0v) is 10.6. The summed E-state index contributed by atoms with van der Waals surface area (Å²) in [6, 6.07) is 6.78. The van der Waals surface area contributed by atoms with Gasteiger partial charge < -0.3 is 5.32 Å². The molecule has 0 saturated heterocycles. The summed E-state index contributed by atoms with van der Waals surface area (Å²) in [5.41, 5.74) is -0.0601. The fourth-order valence-corrected chi connectivity index (χ4v) is 1.61.